The molecule has 0 aliphatic rings. The Morgan fingerprint density at radius 1 is 1.17 bits per heavy atom. The molecule has 156 valence electrons. The highest BCUT2D eigenvalue weighted by atomic mass is 16.5. The average Bonchev–Trinajstić information content (AvgIpc) is 2.79. The first-order valence-electron chi connectivity index (χ1n) is 9.32. The summed E-state index contributed by atoms with van der Waals surface area (Å²) in [5.41, 5.74) is 2.42. The summed E-state index contributed by atoms with van der Waals surface area (Å²) in [4.78, 5) is 25.1. The van der Waals surface area contributed by atoms with Crippen molar-refractivity contribution in [2.45, 2.75) is 6.42 Å². The lowest BCUT2D eigenvalue weighted by atomic mass is 10.1. The number of pyridine rings is 1. The molecule has 0 bridgehead atoms. The van der Waals surface area contributed by atoms with Gasteiger partial charge in [0.2, 0.25) is 5.95 Å². The fraction of sp³-hybridized carbons (Fsp3) is 0.238. The van der Waals surface area contributed by atoms with Crippen molar-refractivity contribution in [1.29, 1.82) is 0 Å². The van der Waals surface area contributed by atoms with Gasteiger partial charge in [0.05, 0.1) is 31.2 Å². The highest BCUT2D eigenvalue weighted by molar-refractivity contribution is 5.91. The van der Waals surface area contributed by atoms with Crippen LogP contribution in [0, 0.1) is 0 Å². The van der Waals surface area contributed by atoms with Crippen LogP contribution in [0.2, 0.25) is 0 Å². The van der Waals surface area contributed by atoms with Crippen LogP contribution in [0.15, 0.2) is 48.8 Å². The van der Waals surface area contributed by atoms with E-state index in [1.54, 1.807) is 43.8 Å². The van der Waals surface area contributed by atoms with Gasteiger partial charge in [-0.25, -0.2) is 9.78 Å². The lowest BCUT2D eigenvalue weighted by Crippen LogP contribution is -2.09. The van der Waals surface area contributed by atoms with Crippen LogP contribution >= 0.6 is 0 Å². The summed E-state index contributed by atoms with van der Waals surface area (Å²) < 4.78 is 10.2. The van der Waals surface area contributed by atoms with E-state index in [2.05, 4.69) is 25.6 Å². The molecule has 0 aliphatic carbocycles. The second-order valence-corrected chi connectivity index (χ2v) is 6.24. The number of rotatable bonds is 9. The largest absolute Gasteiger partial charge is 0.495 e. The number of carbonyl (C=O) groups excluding carboxylic acids is 1. The Hall–Kier alpha value is -3.72. The van der Waals surface area contributed by atoms with Gasteiger partial charge in [-0.1, -0.05) is 0 Å². The maximum absolute atomic E-state index is 11.9. The Bertz CT molecular complexity index is 998. The third-order valence-corrected chi connectivity index (χ3v) is 4.18. The molecule has 0 radical (unpaired) electrons. The molecule has 0 fully saturated rings. The maximum atomic E-state index is 11.9. The number of nitrogens with one attached hydrogen (secondary N) is 2. The van der Waals surface area contributed by atoms with Crippen molar-refractivity contribution in [3.05, 3.63) is 54.4 Å². The van der Waals surface area contributed by atoms with Gasteiger partial charge in [-0.3, -0.25) is 4.98 Å². The number of esters is 1. The molecule has 0 unspecified atom stereocenters. The number of aromatic nitrogens is 3. The topological polar surface area (TPSA) is 118 Å². The molecule has 1 aromatic carbocycles. The maximum Gasteiger partial charge on any atom is 0.337 e. The number of ether oxygens (including phenoxy) is 2. The van der Waals surface area contributed by atoms with E-state index in [1.165, 1.54) is 7.11 Å². The van der Waals surface area contributed by atoms with Crippen LogP contribution in [0.3, 0.4) is 0 Å². The SMILES string of the molecule is COC(=O)c1ccc(OC)c(Nc2cc(-c3cccnc3)nc(NCCCO)n2)c1. The smallest absolute Gasteiger partial charge is 0.337 e. The fourth-order valence-corrected chi connectivity index (χ4v) is 2.72. The lowest BCUT2D eigenvalue weighted by molar-refractivity contribution is 0.0600. The van der Waals surface area contributed by atoms with Crippen molar-refractivity contribution >= 4 is 23.4 Å². The Kier molecular flexibility index (Phi) is 7.12. The molecular formula is C21H23N5O4. The number of nitrogens with zero attached hydrogens (tertiary/aromatic N) is 3. The summed E-state index contributed by atoms with van der Waals surface area (Å²) in [6, 6.07) is 10.4. The van der Waals surface area contributed by atoms with E-state index in [4.69, 9.17) is 14.6 Å². The van der Waals surface area contributed by atoms with Crippen LogP contribution in [-0.2, 0) is 4.74 Å². The summed E-state index contributed by atoms with van der Waals surface area (Å²) in [5, 5.41) is 15.3. The van der Waals surface area contributed by atoms with Crippen molar-refractivity contribution in [3.63, 3.8) is 0 Å². The van der Waals surface area contributed by atoms with E-state index in [1.807, 2.05) is 12.1 Å². The van der Waals surface area contributed by atoms with E-state index in [9.17, 15) is 4.79 Å². The van der Waals surface area contributed by atoms with E-state index >= 15 is 0 Å². The summed E-state index contributed by atoms with van der Waals surface area (Å²) in [6.45, 7) is 0.589. The molecule has 3 aromatic rings. The molecule has 9 nitrogen and oxygen atoms in total. The van der Waals surface area contributed by atoms with Gasteiger partial charge in [-0.05, 0) is 36.8 Å². The van der Waals surface area contributed by atoms with Crippen molar-refractivity contribution < 1.29 is 19.4 Å². The second-order valence-electron chi connectivity index (χ2n) is 6.24. The van der Waals surface area contributed by atoms with Crippen molar-refractivity contribution in [3.8, 4) is 17.0 Å². The third-order valence-electron chi connectivity index (χ3n) is 4.18. The Morgan fingerprint density at radius 2 is 2.03 bits per heavy atom. The van der Waals surface area contributed by atoms with Gasteiger partial charge in [0.25, 0.3) is 0 Å². The van der Waals surface area contributed by atoms with Crippen LogP contribution in [0.4, 0.5) is 17.5 Å². The zero-order chi connectivity index (χ0) is 21.3. The first-order valence-corrected chi connectivity index (χ1v) is 9.32. The lowest BCUT2D eigenvalue weighted by Gasteiger charge is -2.14. The van der Waals surface area contributed by atoms with Crippen molar-refractivity contribution in [2.24, 2.45) is 0 Å². The number of benzene rings is 1. The van der Waals surface area contributed by atoms with Gasteiger partial charge >= 0.3 is 5.97 Å². The number of hydrogen-bond donors (Lipinski definition) is 3. The molecule has 0 spiro atoms. The minimum absolute atomic E-state index is 0.0674. The second kappa shape index (κ2) is 10.2. The zero-order valence-corrected chi connectivity index (χ0v) is 16.8. The molecule has 0 saturated carbocycles. The summed E-state index contributed by atoms with van der Waals surface area (Å²) >= 11 is 0. The van der Waals surface area contributed by atoms with Gasteiger partial charge in [-0.15, -0.1) is 0 Å². The predicted molar refractivity (Wildman–Crippen MR) is 113 cm³/mol. The predicted octanol–water partition coefficient (Wildman–Crippen LogP) is 2.87. The van der Waals surface area contributed by atoms with E-state index in [-0.39, 0.29) is 6.61 Å². The number of aliphatic hydroxyl groups is 1. The molecule has 2 aromatic heterocycles. The van der Waals surface area contributed by atoms with Gasteiger partial charge in [0.15, 0.2) is 0 Å². The summed E-state index contributed by atoms with van der Waals surface area (Å²) in [5.74, 6) is 0.982. The highest BCUT2D eigenvalue weighted by Gasteiger charge is 2.13. The van der Waals surface area contributed by atoms with Crippen LogP contribution in [0.1, 0.15) is 16.8 Å². The van der Waals surface area contributed by atoms with Gasteiger partial charge in [-0.2, -0.15) is 4.98 Å². The summed E-state index contributed by atoms with van der Waals surface area (Å²) in [6.07, 6.45) is 3.97. The molecule has 0 saturated heterocycles. The van der Waals surface area contributed by atoms with Gasteiger partial charge in [0, 0.05) is 37.2 Å². The molecule has 0 atom stereocenters. The molecule has 9 heteroatoms. The Labute approximate surface area is 174 Å². The number of aliphatic hydroxyl groups excluding tert-OH is 1. The highest BCUT2D eigenvalue weighted by Crippen LogP contribution is 2.30. The molecule has 3 rings (SSSR count). The van der Waals surface area contributed by atoms with E-state index in [0.29, 0.717) is 47.4 Å². The number of methoxy groups -OCH3 is 2. The monoisotopic (exact) mass is 409 g/mol. The van der Waals surface area contributed by atoms with E-state index in [0.717, 1.165) is 5.56 Å². The van der Waals surface area contributed by atoms with E-state index < -0.39 is 5.97 Å². The molecule has 0 aliphatic heterocycles. The molecule has 3 N–H and O–H groups in total. The molecule has 2 heterocycles. The minimum atomic E-state index is -0.453. The minimum Gasteiger partial charge on any atom is -0.495 e. The average molecular weight is 409 g/mol. The first kappa shape index (κ1) is 21.0. The van der Waals surface area contributed by atoms with Crippen LogP contribution in [0.5, 0.6) is 5.75 Å². The molecular weight excluding hydrogens is 386 g/mol. The Morgan fingerprint density at radius 3 is 2.73 bits per heavy atom. The third kappa shape index (κ3) is 5.21. The van der Waals surface area contributed by atoms with Crippen LogP contribution in [0.25, 0.3) is 11.3 Å². The molecule has 30 heavy (non-hydrogen) atoms. The quantitative estimate of drug-likeness (QED) is 0.362. The zero-order valence-electron chi connectivity index (χ0n) is 16.8. The standard InChI is InChI=1S/C21H23N5O4/c1-29-18-7-6-14(20(28)30-2)11-17(18)24-19-12-16(15-5-3-8-22-13-15)25-21(26-19)23-9-4-10-27/h3,5-8,11-13,27H,4,9-10H2,1-2H3,(H2,23,24,25,26). The normalized spacial score (nSPS) is 10.4. The van der Waals surface area contributed by atoms with Crippen LogP contribution in [-0.4, -0.2) is 53.4 Å². The van der Waals surface area contributed by atoms with Gasteiger partial charge < -0.3 is 25.2 Å². The number of anilines is 3. The number of carbonyl (C=O) groups is 1. The summed E-state index contributed by atoms with van der Waals surface area (Å²) in [7, 11) is 2.87. The first-order chi connectivity index (χ1) is 14.6. The number of hydrogen-bond acceptors (Lipinski definition) is 9. The van der Waals surface area contributed by atoms with Crippen molar-refractivity contribution in [1.82, 2.24) is 15.0 Å². The molecule has 0 amide bonds. The van der Waals surface area contributed by atoms with Crippen LogP contribution < -0.4 is 15.4 Å². The fourth-order valence-electron chi connectivity index (χ4n) is 2.72. The van der Waals surface area contributed by atoms with Crippen molar-refractivity contribution in [2.75, 3.05) is 38.0 Å². The Balaban J connectivity index is 1.98. The van der Waals surface area contributed by atoms with Gasteiger partial charge in [0.1, 0.15) is 11.6 Å².